The highest BCUT2D eigenvalue weighted by Gasteiger charge is 2.35. The number of nitrogens with one attached hydrogen (secondary N) is 3. The Morgan fingerprint density at radius 1 is 1.02 bits per heavy atom. The van der Waals surface area contributed by atoms with Gasteiger partial charge in [0.2, 0.25) is 10.0 Å². The summed E-state index contributed by atoms with van der Waals surface area (Å²) in [5, 5.41) is 36.1. The summed E-state index contributed by atoms with van der Waals surface area (Å²) in [6.07, 6.45) is -2.91. The first kappa shape index (κ1) is 30.2. The van der Waals surface area contributed by atoms with E-state index in [0.29, 0.717) is 6.07 Å². The molecule has 5 N–H and O–H groups in total. The van der Waals surface area contributed by atoms with Crippen molar-refractivity contribution < 1.29 is 41.4 Å². The van der Waals surface area contributed by atoms with Crippen molar-refractivity contribution in [2.75, 3.05) is 11.0 Å². The number of amides is 2. The van der Waals surface area contributed by atoms with Crippen molar-refractivity contribution in [1.29, 1.82) is 5.26 Å². The van der Waals surface area contributed by atoms with E-state index in [0.717, 1.165) is 24.7 Å². The number of benzene rings is 2. The first-order chi connectivity index (χ1) is 18.9. The fourth-order valence-corrected chi connectivity index (χ4v) is 4.15. The maximum atomic E-state index is 13.8. The van der Waals surface area contributed by atoms with E-state index in [2.05, 4.69) is 15.6 Å². The monoisotopic (exact) mass is 577 g/mol. The van der Waals surface area contributed by atoms with E-state index < -0.39 is 82.3 Å². The molecule has 0 aliphatic heterocycles. The van der Waals surface area contributed by atoms with E-state index in [9.17, 15) is 42.3 Å². The van der Waals surface area contributed by atoms with Crippen molar-refractivity contribution in [3.63, 3.8) is 0 Å². The van der Waals surface area contributed by atoms with Crippen LogP contribution < -0.4 is 15.4 Å². The van der Waals surface area contributed by atoms with E-state index in [1.807, 2.05) is 4.72 Å². The van der Waals surface area contributed by atoms with Gasteiger partial charge in [0, 0.05) is 11.6 Å². The lowest BCUT2D eigenvalue weighted by Crippen LogP contribution is -2.56. The lowest BCUT2D eigenvalue weighted by molar-refractivity contribution is -0.0212. The smallest absolute Gasteiger partial charge is 0.309 e. The van der Waals surface area contributed by atoms with Crippen LogP contribution in [0.5, 0.6) is 0 Å². The van der Waals surface area contributed by atoms with Crippen LogP contribution in [0.25, 0.3) is 0 Å². The molecule has 0 saturated heterocycles. The number of rotatable bonds is 12. The van der Waals surface area contributed by atoms with Crippen LogP contribution in [0.1, 0.15) is 32.8 Å². The number of sulfonamides is 1. The number of halogens is 2. The number of nitriles is 1. The molecule has 0 unspecified atom stereocenters. The SMILES string of the molecule is CS(=O)(=O)Nc1nc(C(=O)N[C@H](Cc2cc(F)cc(F)c2)[C@@H](O)[C@H](O)[C@H](CC#N)NC(=O)c2ccccc2)co1. The normalized spacial score (nSPS) is 14.3. The van der Waals surface area contributed by atoms with Gasteiger partial charge in [-0.15, -0.1) is 0 Å². The Morgan fingerprint density at radius 2 is 1.62 bits per heavy atom. The van der Waals surface area contributed by atoms with E-state index in [4.69, 9.17) is 4.42 Å². The summed E-state index contributed by atoms with van der Waals surface area (Å²) >= 11 is 0. The molecule has 0 spiro atoms. The molecule has 0 bridgehead atoms. The van der Waals surface area contributed by atoms with Crippen LogP contribution >= 0.6 is 0 Å². The molecule has 4 atom stereocenters. The van der Waals surface area contributed by atoms with Gasteiger partial charge in [-0.3, -0.25) is 9.59 Å². The van der Waals surface area contributed by atoms with Crippen LogP contribution in [0.2, 0.25) is 0 Å². The molecule has 0 aliphatic rings. The standard InChI is InChI=1S/C25H25F2N5O7S/c1-40(37,38)32-25-31-20(13-39-25)24(36)30-19(11-14-9-16(26)12-17(27)10-14)22(34)21(33)18(7-8-28)29-23(35)15-5-3-2-4-6-15/h2-6,9-10,12-13,18-19,21-22,33-34H,7,11H2,1H3,(H,29,35)(H,30,36)(H,31,32)/t18-,19+,21+,22+/m0/s1. The summed E-state index contributed by atoms with van der Waals surface area (Å²) in [5.41, 5.74) is -0.204. The summed E-state index contributed by atoms with van der Waals surface area (Å²) in [6, 6.07) is 8.93. The fourth-order valence-electron chi connectivity index (χ4n) is 3.74. The second-order valence-electron chi connectivity index (χ2n) is 8.76. The van der Waals surface area contributed by atoms with Gasteiger partial charge >= 0.3 is 6.01 Å². The molecule has 12 nitrogen and oxygen atoms in total. The second kappa shape index (κ2) is 13.1. The zero-order valence-electron chi connectivity index (χ0n) is 20.9. The molecule has 1 aromatic heterocycles. The number of aliphatic hydroxyl groups is 2. The Kier molecular flexibility index (Phi) is 9.88. The first-order valence-electron chi connectivity index (χ1n) is 11.6. The molecule has 3 rings (SSSR count). The number of carbonyl (C=O) groups is 2. The molecule has 0 radical (unpaired) electrons. The molecule has 15 heteroatoms. The number of hydrogen-bond donors (Lipinski definition) is 5. The third kappa shape index (κ3) is 8.56. The van der Waals surface area contributed by atoms with Gasteiger partial charge in [0.1, 0.15) is 30.1 Å². The highest BCUT2D eigenvalue weighted by atomic mass is 32.2. The topological polar surface area (TPSA) is 195 Å². The number of aliphatic hydroxyl groups excluding tert-OH is 2. The highest BCUT2D eigenvalue weighted by Crippen LogP contribution is 2.17. The Labute approximate surface area is 227 Å². The fraction of sp³-hybridized carbons (Fsp3) is 0.280. The van der Waals surface area contributed by atoms with E-state index in [-0.39, 0.29) is 11.1 Å². The number of hydrogen-bond acceptors (Lipinski definition) is 9. The number of carbonyl (C=O) groups excluding carboxylic acids is 2. The Balaban J connectivity index is 1.86. The molecule has 0 fully saturated rings. The molecular weight excluding hydrogens is 552 g/mol. The highest BCUT2D eigenvalue weighted by molar-refractivity contribution is 7.91. The minimum absolute atomic E-state index is 0.00112. The average Bonchev–Trinajstić information content (AvgIpc) is 3.34. The van der Waals surface area contributed by atoms with Gasteiger partial charge in [0.25, 0.3) is 11.8 Å². The van der Waals surface area contributed by atoms with Crippen LogP contribution in [0.15, 0.2) is 59.2 Å². The van der Waals surface area contributed by atoms with Crippen LogP contribution in [0.4, 0.5) is 14.8 Å². The minimum atomic E-state index is -3.77. The van der Waals surface area contributed by atoms with Crippen LogP contribution in [0.3, 0.4) is 0 Å². The number of nitrogens with zero attached hydrogens (tertiary/aromatic N) is 2. The van der Waals surface area contributed by atoms with Gasteiger partial charge in [0.15, 0.2) is 5.69 Å². The predicted molar refractivity (Wildman–Crippen MR) is 136 cm³/mol. The van der Waals surface area contributed by atoms with Crippen LogP contribution in [-0.2, 0) is 16.4 Å². The van der Waals surface area contributed by atoms with Gasteiger partial charge in [-0.2, -0.15) is 10.2 Å². The van der Waals surface area contributed by atoms with Crippen molar-refractivity contribution in [3.05, 3.63) is 83.2 Å². The summed E-state index contributed by atoms with van der Waals surface area (Å²) < 4.78 is 57.3. The quantitative estimate of drug-likeness (QED) is 0.209. The predicted octanol–water partition coefficient (Wildman–Crippen LogP) is 1.10. The summed E-state index contributed by atoms with van der Waals surface area (Å²) in [6.45, 7) is 0. The second-order valence-corrected chi connectivity index (χ2v) is 10.5. The van der Waals surface area contributed by atoms with E-state index in [1.54, 1.807) is 24.3 Å². The van der Waals surface area contributed by atoms with Gasteiger partial charge in [-0.05, 0) is 36.2 Å². The zero-order valence-corrected chi connectivity index (χ0v) is 21.7. The molecule has 3 aromatic rings. The van der Waals surface area contributed by atoms with Gasteiger partial charge in [-0.1, -0.05) is 18.2 Å². The van der Waals surface area contributed by atoms with Crippen molar-refractivity contribution in [2.24, 2.45) is 0 Å². The largest absolute Gasteiger partial charge is 0.431 e. The maximum Gasteiger partial charge on any atom is 0.309 e. The van der Waals surface area contributed by atoms with E-state index >= 15 is 0 Å². The Hall–Kier alpha value is -4.39. The number of anilines is 1. The first-order valence-corrected chi connectivity index (χ1v) is 13.5. The van der Waals surface area contributed by atoms with Crippen molar-refractivity contribution in [2.45, 2.75) is 37.1 Å². The third-order valence-corrected chi connectivity index (χ3v) is 6.09. The maximum absolute atomic E-state index is 13.8. The number of aromatic nitrogens is 1. The summed E-state index contributed by atoms with van der Waals surface area (Å²) in [5.74, 6) is -3.50. The van der Waals surface area contributed by atoms with E-state index in [1.165, 1.54) is 12.1 Å². The van der Waals surface area contributed by atoms with Gasteiger partial charge in [0.05, 0.1) is 30.8 Å². The molecule has 2 aromatic carbocycles. The molecule has 0 aliphatic carbocycles. The third-order valence-electron chi connectivity index (χ3n) is 5.54. The Morgan fingerprint density at radius 3 is 2.23 bits per heavy atom. The molecule has 0 saturated carbocycles. The lowest BCUT2D eigenvalue weighted by atomic mass is 9.92. The van der Waals surface area contributed by atoms with Gasteiger partial charge < -0.3 is 25.3 Å². The zero-order chi connectivity index (χ0) is 29.4. The number of oxazole rings is 1. The van der Waals surface area contributed by atoms with Gasteiger partial charge in [-0.25, -0.2) is 21.9 Å². The van der Waals surface area contributed by atoms with Crippen LogP contribution in [0, 0.1) is 23.0 Å². The summed E-state index contributed by atoms with van der Waals surface area (Å²) in [4.78, 5) is 29.2. The Bertz CT molecular complexity index is 1470. The van der Waals surface area contributed by atoms with Crippen molar-refractivity contribution >= 4 is 27.9 Å². The minimum Gasteiger partial charge on any atom is -0.431 e. The molecule has 212 valence electrons. The average molecular weight is 578 g/mol. The van der Waals surface area contributed by atoms with Crippen molar-refractivity contribution in [3.8, 4) is 6.07 Å². The lowest BCUT2D eigenvalue weighted by Gasteiger charge is -2.32. The molecule has 40 heavy (non-hydrogen) atoms. The van der Waals surface area contributed by atoms with Crippen molar-refractivity contribution in [1.82, 2.24) is 15.6 Å². The molecule has 2 amide bonds. The summed E-state index contributed by atoms with van der Waals surface area (Å²) in [7, 11) is -3.77. The molecule has 1 heterocycles. The molecular formula is C25H25F2N5O7S. The van der Waals surface area contributed by atoms with Crippen LogP contribution in [-0.4, -0.2) is 66.0 Å².